The molecule has 0 saturated carbocycles. The van der Waals surface area contributed by atoms with Crippen molar-refractivity contribution in [3.05, 3.63) is 35.8 Å². The van der Waals surface area contributed by atoms with Crippen LogP contribution in [0.4, 0.5) is 0 Å². The normalized spacial score (nSPS) is 11.4. The molecule has 0 aliphatic rings. The number of fused-ring (bicyclic) bond motifs is 1. The summed E-state index contributed by atoms with van der Waals surface area (Å²) in [6, 6.07) is 3.72. The van der Waals surface area contributed by atoms with Gasteiger partial charge in [-0.05, 0) is 25.1 Å². The molecule has 0 unspecified atom stereocenters. The van der Waals surface area contributed by atoms with Crippen molar-refractivity contribution in [2.45, 2.75) is 6.92 Å². The van der Waals surface area contributed by atoms with Crippen LogP contribution >= 0.6 is 0 Å². The largest absolute Gasteiger partial charge is 0.346 e. The number of nitrogens with zero attached hydrogens (tertiary/aromatic N) is 2. The molecular formula is C14H16N4O2. The molecule has 2 amide bonds. The van der Waals surface area contributed by atoms with Crippen LogP contribution in [0, 0.1) is 0 Å². The Morgan fingerprint density at radius 3 is 3.05 bits per heavy atom. The van der Waals surface area contributed by atoms with E-state index in [9.17, 15) is 9.59 Å². The van der Waals surface area contributed by atoms with E-state index in [1.54, 1.807) is 25.5 Å². The number of nitrogens with one attached hydrogen (secondary N) is 2. The summed E-state index contributed by atoms with van der Waals surface area (Å²) in [6.45, 7) is 2.43. The highest BCUT2D eigenvalue weighted by atomic mass is 16.2. The van der Waals surface area contributed by atoms with Crippen LogP contribution in [0.25, 0.3) is 17.1 Å². The predicted octanol–water partition coefficient (Wildman–Crippen LogP) is 1.13. The summed E-state index contributed by atoms with van der Waals surface area (Å²) < 4.78 is 0. The zero-order valence-electron chi connectivity index (χ0n) is 11.4. The zero-order chi connectivity index (χ0) is 14.5. The number of amides is 2. The molecule has 0 aromatic carbocycles. The van der Waals surface area contributed by atoms with Crippen LogP contribution in [0.2, 0.25) is 0 Å². The van der Waals surface area contributed by atoms with Crippen LogP contribution in [0.5, 0.6) is 0 Å². The van der Waals surface area contributed by atoms with Crippen molar-refractivity contribution in [1.29, 1.82) is 0 Å². The van der Waals surface area contributed by atoms with Gasteiger partial charge in [-0.15, -0.1) is 0 Å². The molecule has 0 radical (unpaired) electrons. The third kappa shape index (κ3) is 2.69. The lowest BCUT2D eigenvalue weighted by atomic mass is 10.2. The minimum atomic E-state index is -0.238. The first-order chi connectivity index (χ1) is 9.67. The van der Waals surface area contributed by atoms with Crippen LogP contribution < -0.4 is 5.32 Å². The molecule has 6 nitrogen and oxygen atoms in total. The van der Waals surface area contributed by atoms with Crippen LogP contribution in [-0.4, -0.2) is 40.8 Å². The van der Waals surface area contributed by atoms with Crippen LogP contribution in [0.1, 0.15) is 12.5 Å². The summed E-state index contributed by atoms with van der Waals surface area (Å²) in [5.74, 6) is -0.238. The zero-order valence-corrected chi connectivity index (χ0v) is 11.4. The summed E-state index contributed by atoms with van der Waals surface area (Å²) in [5, 5.41) is 3.35. The van der Waals surface area contributed by atoms with E-state index in [0.29, 0.717) is 13.0 Å². The first kappa shape index (κ1) is 13.8. The Morgan fingerprint density at radius 1 is 1.55 bits per heavy atom. The van der Waals surface area contributed by atoms with Gasteiger partial charge in [-0.3, -0.25) is 9.59 Å². The molecule has 0 spiro atoms. The number of carbonyl (C=O) groups excluding carboxylic acids is 2. The Bertz CT molecular complexity index is 660. The molecule has 0 saturated heterocycles. The molecule has 6 heteroatoms. The molecule has 0 aliphatic carbocycles. The number of carbonyl (C=O) groups is 2. The molecule has 0 aliphatic heterocycles. The number of hydrogen-bond donors (Lipinski definition) is 2. The second kappa shape index (κ2) is 6.01. The fraction of sp³-hybridized carbons (Fsp3) is 0.214. The number of rotatable bonds is 5. The third-order valence-corrected chi connectivity index (χ3v) is 3.05. The Balaban J connectivity index is 2.42. The second-order valence-electron chi connectivity index (χ2n) is 4.28. The second-order valence-corrected chi connectivity index (χ2v) is 4.28. The molecule has 0 fully saturated rings. The number of H-pyrrole nitrogens is 1. The standard InChI is InChI=1S/C14H16N4O2/c1-3-18(2)14(20)12(17-9-19)7-10-8-16-13-11(10)5-4-6-15-13/h4-9H,3H2,1-2H3,(H,15,16)(H,17,19)/b12-7-. The number of hydrogen-bond acceptors (Lipinski definition) is 3. The van der Waals surface area contributed by atoms with Gasteiger partial charge in [0, 0.05) is 36.9 Å². The maximum atomic E-state index is 12.1. The van der Waals surface area contributed by atoms with Gasteiger partial charge >= 0.3 is 0 Å². The van der Waals surface area contributed by atoms with Gasteiger partial charge in [-0.1, -0.05) is 0 Å². The topological polar surface area (TPSA) is 78.1 Å². The van der Waals surface area contributed by atoms with E-state index >= 15 is 0 Å². The minimum Gasteiger partial charge on any atom is -0.346 e. The van der Waals surface area contributed by atoms with E-state index in [2.05, 4.69) is 15.3 Å². The number of likely N-dealkylation sites (N-methyl/N-ethyl adjacent to an activating group) is 1. The maximum Gasteiger partial charge on any atom is 0.270 e. The van der Waals surface area contributed by atoms with Gasteiger partial charge in [0.25, 0.3) is 5.91 Å². The predicted molar refractivity (Wildman–Crippen MR) is 76.6 cm³/mol. The van der Waals surface area contributed by atoms with E-state index in [1.165, 1.54) is 4.90 Å². The summed E-state index contributed by atoms with van der Waals surface area (Å²) in [6.07, 6.45) is 5.58. The first-order valence-corrected chi connectivity index (χ1v) is 6.26. The summed E-state index contributed by atoms with van der Waals surface area (Å²) in [4.78, 5) is 31.5. The molecule has 2 rings (SSSR count). The van der Waals surface area contributed by atoms with Crippen LogP contribution in [0.3, 0.4) is 0 Å². The van der Waals surface area contributed by atoms with Crippen molar-refractivity contribution in [1.82, 2.24) is 20.2 Å². The molecular weight excluding hydrogens is 256 g/mol. The van der Waals surface area contributed by atoms with Crippen molar-refractivity contribution < 1.29 is 9.59 Å². The summed E-state index contributed by atoms with van der Waals surface area (Å²) >= 11 is 0. The van der Waals surface area contributed by atoms with E-state index in [-0.39, 0.29) is 11.6 Å². The van der Waals surface area contributed by atoms with Crippen molar-refractivity contribution >= 4 is 29.4 Å². The number of aromatic nitrogens is 2. The molecule has 2 aromatic rings. The fourth-order valence-electron chi connectivity index (χ4n) is 1.83. The van der Waals surface area contributed by atoms with Gasteiger partial charge in [0.1, 0.15) is 11.3 Å². The van der Waals surface area contributed by atoms with Gasteiger partial charge in [0.05, 0.1) is 0 Å². The van der Waals surface area contributed by atoms with Gasteiger partial charge in [-0.2, -0.15) is 0 Å². The lowest BCUT2D eigenvalue weighted by Gasteiger charge is -2.16. The number of aromatic amines is 1. The number of pyridine rings is 1. The molecule has 2 heterocycles. The summed E-state index contributed by atoms with van der Waals surface area (Å²) in [7, 11) is 1.68. The lowest BCUT2D eigenvalue weighted by Crippen LogP contribution is -2.32. The Morgan fingerprint density at radius 2 is 2.35 bits per heavy atom. The average molecular weight is 272 g/mol. The minimum absolute atomic E-state index is 0.231. The molecule has 0 bridgehead atoms. The molecule has 2 aromatic heterocycles. The monoisotopic (exact) mass is 272 g/mol. The maximum absolute atomic E-state index is 12.1. The van der Waals surface area contributed by atoms with E-state index in [4.69, 9.17) is 0 Å². The molecule has 0 atom stereocenters. The van der Waals surface area contributed by atoms with E-state index in [1.807, 2.05) is 19.1 Å². The van der Waals surface area contributed by atoms with E-state index < -0.39 is 0 Å². The first-order valence-electron chi connectivity index (χ1n) is 6.26. The molecule has 20 heavy (non-hydrogen) atoms. The summed E-state index contributed by atoms with van der Waals surface area (Å²) in [5.41, 5.74) is 1.77. The highest BCUT2D eigenvalue weighted by Crippen LogP contribution is 2.18. The molecule has 104 valence electrons. The van der Waals surface area contributed by atoms with Crippen LogP contribution in [-0.2, 0) is 9.59 Å². The van der Waals surface area contributed by atoms with Gasteiger partial charge in [-0.25, -0.2) is 4.98 Å². The van der Waals surface area contributed by atoms with Crippen molar-refractivity contribution in [2.75, 3.05) is 13.6 Å². The van der Waals surface area contributed by atoms with Crippen molar-refractivity contribution in [2.24, 2.45) is 0 Å². The van der Waals surface area contributed by atoms with Gasteiger partial charge in [0.2, 0.25) is 6.41 Å². The van der Waals surface area contributed by atoms with E-state index in [0.717, 1.165) is 16.6 Å². The highest BCUT2D eigenvalue weighted by molar-refractivity contribution is 6.01. The Hall–Kier alpha value is -2.63. The van der Waals surface area contributed by atoms with Crippen molar-refractivity contribution in [3.63, 3.8) is 0 Å². The fourth-order valence-corrected chi connectivity index (χ4v) is 1.83. The smallest absolute Gasteiger partial charge is 0.270 e. The van der Waals surface area contributed by atoms with Gasteiger partial charge in [0.15, 0.2) is 0 Å². The quantitative estimate of drug-likeness (QED) is 0.632. The van der Waals surface area contributed by atoms with Crippen LogP contribution in [0.15, 0.2) is 30.2 Å². The SMILES string of the molecule is CCN(C)C(=O)/C(=C/c1c[nH]c2ncccc12)NC=O. The highest BCUT2D eigenvalue weighted by Gasteiger charge is 2.14. The third-order valence-electron chi connectivity index (χ3n) is 3.05. The molecule has 2 N–H and O–H groups in total. The Kier molecular flexibility index (Phi) is 4.14. The average Bonchev–Trinajstić information content (AvgIpc) is 2.88. The van der Waals surface area contributed by atoms with Gasteiger partial charge < -0.3 is 15.2 Å². The Labute approximate surface area is 116 Å². The lowest BCUT2D eigenvalue weighted by molar-refractivity contribution is -0.126. The van der Waals surface area contributed by atoms with Crippen molar-refractivity contribution in [3.8, 4) is 0 Å².